The van der Waals surface area contributed by atoms with Crippen LogP contribution in [0, 0.1) is 6.92 Å². The smallest absolute Gasteiger partial charge is 0.493 e. The summed E-state index contributed by atoms with van der Waals surface area (Å²) >= 11 is 0. The number of rotatable bonds is 7. The Morgan fingerprint density at radius 2 is 1.91 bits per heavy atom. The molecule has 1 aromatic heterocycles. The number of aryl methyl sites for hydroxylation is 1. The average Bonchev–Trinajstić information content (AvgIpc) is 2.95. The van der Waals surface area contributed by atoms with Gasteiger partial charge in [0.25, 0.3) is 0 Å². The van der Waals surface area contributed by atoms with E-state index in [1.165, 1.54) is 19.2 Å². The average molecular weight is 462 g/mol. The highest BCUT2D eigenvalue weighted by atomic mass is 19.4. The van der Waals surface area contributed by atoms with Gasteiger partial charge in [-0.25, -0.2) is 4.98 Å². The first-order valence-electron chi connectivity index (χ1n) is 10.6. The summed E-state index contributed by atoms with van der Waals surface area (Å²) in [7, 11) is 1.30. The van der Waals surface area contributed by atoms with Gasteiger partial charge in [0.1, 0.15) is 5.82 Å². The third-order valence-corrected chi connectivity index (χ3v) is 5.41. The van der Waals surface area contributed by atoms with E-state index in [0.29, 0.717) is 44.2 Å². The lowest BCUT2D eigenvalue weighted by Gasteiger charge is -2.18. The molecule has 2 heterocycles. The number of ether oxygens (including phenoxy) is 4. The number of halogens is 3. The Morgan fingerprint density at radius 1 is 1.12 bits per heavy atom. The molecule has 1 atom stereocenters. The zero-order chi connectivity index (χ0) is 23.4. The molecule has 0 bridgehead atoms. The molecule has 0 saturated heterocycles. The molecule has 0 amide bonds. The number of hydrogen-bond acceptors (Lipinski definition) is 5. The fourth-order valence-corrected chi connectivity index (χ4v) is 3.92. The number of hydrogen-bond donors (Lipinski definition) is 0. The molecular formula is C24H25F3N2O4. The maximum Gasteiger partial charge on any atom is 0.573 e. The highest BCUT2D eigenvalue weighted by molar-refractivity contribution is 5.62. The fraction of sp³-hybridized carbons (Fsp3) is 0.375. The van der Waals surface area contributed by atoms with Gasteiger partial charge in [-0.2, -0.15) is 0 Å². The van der Waals surface area contributed by atoms with Crippen LogP contribution in [0.1, 0.15) is 17.0 Å². The largest absolute Gasteiger partial charge is 0.573 e. The summed E-state index contributed by atoms with van der Waals surface area (Å²) in [5, 5.41) is 0. The standard InChI is InChI=1S/C24H25F3N2O4/c1-16-20-10-11-32-19(15-31-14-17-6-4-3-5-7-17)13-29(20)23(28-16)18-8-9-21(22(12-18)30-2)33-24(25,26)27/h3-9,12,19H,10-11,13-15H2,1-2H3. The maximum absolute atomic E-state index is 12.7. The predicted molar refractivity (Wildman–Crippen MR) is 115 cm³/mol. The highest BCUT2D eigenvalue weighted by Crippen LogP contribution is 2.36. The Bertz CT molecular complexity index is 1080. The normalized spacial score (nSPS) is 16.2. The van der Waals surface area contributed by atoms with Crippen LogP contribution in [-0.4, -0.2) is 42.3 Å². The Hall–Kier alpha value is -3.04. The van der Waals surface area contributed by atoms with Gasteiger partial charge in [0.15, 0.2) is 11.5 Å². The van der Waals surface area contributed by atoms with Gasteiger partial charge < -0.3 is 23.5 Å². The number of methoxy groups -OCH3 is 1. The molecule has 3 aromatic rings. The van der Waals surface area contributed by atoms with Crippen LogP contribution in [0.3, 0.4) is 0 Å². The van der Waals surface area contributed by atoms with Crippen LogP contribution in [0.4, 0.5) is 13.2 Å². The van der Waals surface area contributed by atoms with Gasteiger partial charge >= 0.3 is 6.36 Å². The SMILES string of the molecule is COc1cc(-c2nc(C)c3n2CC(COCc2ccccc2)OCC3)ccc1OC(F)(F)F. The first-order chi connectivity index (χ1) is 15.8. The lowest BCUT2D eigenvalue weighted by Crippen LogP contribution is -2.24. The number of benzene rings is 2. The van der Waals surface area contributed by atoms with Crippen LogP contribution in [0.5, 0.6) is 11.5 Å². The van der Waals surface area contributed by atoms with Crippen LogP contribution >= 0.6 is 0 Å². The van der Waals surface area contributed by atoms with Crippen LogP contribution in [0.2, 0.25) is 0 Å². The van der Waals surface area contributed by atoms with Gasteiger partial charge in [0, 0.05) is 17.7 Å². The Morgan fingerprint density at radius 3 is 2.64 bits per heavy atom. The molecule has 0 fully saturated rings. The van der Waals surface area contributed by atoms with Crippen molar-refractivity contribution in [2.75, 3.05) is 20.3 Å². The van der Waals surface area contributed by atoms with Gasteiger partial charge in [-0.05, 0) is 30.7 Å². The summed E-state index contributed by atoms with van der Waals surface area (Å²) in [4.78, 5) is 4.69. The zero-order valence-electron chi connectivity index (χ0n) is 18.4. The van der Waals surface area contributed by atoms with Crippen LogP contribution in [-0.2, 0) is 29.0 Å². The number of nitrogens with zero attached hydrogens (tertiary/aromatic N) is 2. The van der Waals surface area contributed by atoms with E-state index in [4.69, 9.17) is 19.2 Å². The van der Waals surface area contributed by atoms with Crippen LogP contribution in [0.15, 0.2) is 48.5 Å². The molecule has 0 spiro atoms. The number of alkyl halides is 3. The molecule has 176 valence electrons. The van der Waals surface area contributed by atoms with Crippen molar-refractivity contribution in [1.82, 2.24) is 9.55 Å². The van der Waals surface area contributed by atoms with Crippen molar-refractivity contribution in [3.63, 3.8) is 0 Å². The Kier molecular flexibility index (Phi) is 6.90. The molecule has 2 aromatic carbocycles. The molecule has 9 heteroatoms. The van der Waals surface area contributed by atoms with Crippen molar-refractivity contribution in [3.8, 4) is 22.9 Å². The summed E-state index contributed by atoms with van der Waals surface area (Å²) in [5.74, 6) is 0.217. The molecule has 0 N–H and O–H groups in total. The lowest BCUT2D eigenvalue weighted by atomic mass is 10.2. The molecule has 1 unspecified atom stereocenters. The predicted octanol–water partition coefficient (Wildman–Crippen LogP) is 4.92. The molecule has 6 nitrogen and oxygen atoms in total. The van der Waals surface area contributed by atoms with Crippen molar-refractivity contribution < 1.29 is 32.1 Å². The van der Waals surface area contributed by atoms with E-state index >= 15 is 0 Å². The first-order valence-corrected chi connectivity index (χ1v) is 10.6. The molecule has 0 aliphatic carbocycles. The van der Waals surface area contributed by atoms with Gasteiger partial charge in [-0.1, -0.05) is 30.3 Å². The summed E-state index contributed by atoms with van der Waals surface area (Å²) in [5.41, 5.74) is 3.60. The second-order valence-electron chi connectivity index (χ2n) is 7.74. The van der Waals surface area contributed by atoms with Gasteiger partial charge in [-0.3, -0.25) is 0 Å². The van der Waals surface area contributed by atoms with E-state index in [-0.39, 0.29) is 11.9 Å². The molecule has 1 aliphatic rings. The topological polar surface area (TPSA) is 54.7 Å². The third kappa shape index (κ3) is 5.66. The third-order valence-electron chi connectivity index (χ3n) is 5.41. The zero-order valence-corrected chi connectivity index (χ0v) is 18.4. The van der Waals surface area contributed by atoms with E-state index < -0.39 is 12.1 Å². The van der Waals surface area contributed by atoms with Crippen molar-refractivity contribution >= 4 is 0 Å². The lowest BCUT2D eigenvalue weighted by molar-refractivity contribution is -0.275. The minimum atomic E-state index is -4.81. The summed E-state index contributed by atoms with van der Waals surface area (Å²) in [6, 6.07) is 14.2. The minimum absolute atomic E-state index is 0.0209. The summed E-state index contributed by atoms with van der Waals surface area (Å²) < 4.78 is 61.2. The van der Waals surface area contributed by atoms with Crippen molar-refractivity contribution in [1.29, 1.82) is 0 Å². The van der Waals surface area contributed by atoms with E-state index in [9.17, 15) is 13.2 Å². The molecule has 1 aliphatic heterocycles. The Labute approximate surface area is 189 Å². The van der Waals surface area contributed by atoms with E-state index in [0.717, 1.165) is 17.0 Å². The molecule has 0 radical (unpaired) electrons. The monoisotopic (exact) mass is 462 g/mol. The second-order valence-corrected chi connectivity index (χ2v) is 7.74. The van der Waals surface area contributed by atoms with Crippen molar-refractivity contribution in [3.05, 3.63) is 65.5 Å². The molecule has 33 heavy (non-hydrogen) atoms. The minimum Gasteiger partial charge on any atom is -0.493 e. The molecule has 0 saturated carbocycles. The van der Waals surface area contributed by atoms with Crippen molar-refractivity contribution in [2.24, 2.45) is 0 Å². The number of aromatic nitrogens is 2. The van der Waals surface area contributed by atoms with E-state index in [2.05, 4.69) is 9.30 Å². The van der Waals surface area contributed by atoms with Gasteiger partial charge in [0.2, 0.25) is 0 Å². The fourth-order valence-electron chi connectivity index (χ4n) is 3.92. The second kappa shape index (κ2) is 9.84. The summed E-state index contributed by atoms with van der Waals surface area (Å²) in [6.45, 7) is 3.87. The van der Waals surface area contributed by atoms with E-state index in [1.54, 1.807) is 6.07 Å². The van der Waals surface area contributed by atoms with Crippen LogP contribution < -0.4 is 9.47 Å². The molecular weight excluding hydrogens is 437 g/mol. The first kappa shape index (κ1) is 23.1. The van der Waals surface area contributed by atoms with E-state index in [1.807, 2.05) is 37.3 Å². The van der Waals surface area contributed by atoms with Crippen LogP contribution in [0.25, 0.3) is 11.4 Å². The summed E-state index contributed by atoms with van der Waals surface area (Å²) in [6.07, 6.45) is -4.31. The van der Waals surface area contributed by atoms with Crippen molar-refractivity contribution in [2.45, 2.75) is 39.0 Å². The highest BCUT2D eigenvalue weighted by Gasteiger charge is 2.33. The maximum atomic E-state index is 12.7. The Balaban J connectivity index is 1.54. The molecule has 4 rings (SSSR count). The number of imidazole rings is 1. The van der Waals surface area contributed by atoms with Gasteiger partial charge in [-0.15, -0.1) is 13.2 Å². The quantitative estimate of drug-likeness (QED) is 0.499. The number of fused-ring (bicyclic) bond motifs is 1. The van der Waals surface area contributed by atoms with Gasteiger partial charge in [0.05, 0.1) is 45.3 Å².